The number of amides is 3. The maximum atomic E-state index is 12.4. The lowest BCUT2D eigenvalue weighted by Crippen LogP contribution is -2.49. The van der Waals surface area contributed by atoms with Gasteiger partial charge >= 0.3 is 6.03 Å². The van der Waals surface area contributed by atoms with Crippen LogP contribution in [0.4, 0.5) is 10.5 Å². The van der Waals surface area contributed by atoms with Crippen LogP contribution in [0.25, 0.3) is 0 Å². The van der Waals surface area contributed by atoms with Gasteiger partial charge in [-0.15, -0.1) is 0 Å². The Balaban J connectivity index is 1.44. The highest BCUT2D eigenvalue weighted by molar-refractivity contribution is 5.95. The first kappa shape index (κ1) is 20.6. The first-order valence-corrected chi connectivity index (χ1v) is 9.91. The van der Waals surface area contributed by atoms with E-state index in [2.05, 4.69) is 15.5 Å². The van der Waals surface area contributed by atoms with Gasteiger partial charge in [0.05, 0.1) is 25.4 Å². The molecule has 2 unspecified atom stereocenters. The first-order chi connectivity index (χ1) is 13.5. The molecule has 2 aliphatic rings. The van der Waals surface area contributed by atoms with E-state index in [0.29, 0.717) is 30.9 Å². The molecule has 0 aliphatic carbocycles. The number of rotatable bonds is 5. The average molecular weight is 390 g/mol. The quantitative estimate of drug-likeness (QED) is 0.794. The third-order valence-corrected chi connectivity index (χ3v) is 4.92. The molecule has 0 spiro atoms. The van der Waals surface area contributed by atoms with Gasteiger partial charge in [0.15, 0.2) is 0 Å². The molecule has 0 bridgehead atoms. The molecule has 0 aromatic heterocycles. The summed E-state index contributed by atoms with van der Waals surface area (Å²) in [5.74, 6) is -0.109. The molecule has 2 heterocycles. The van der Waals surface area contributed by atoms with Gasteiger partial charge in [-0.05, 0) is 38.1 Å². The fraction of sp³-hybridized carbons (Fsp3) is 0.600. The summed E-state index contributed by atoms with van der Waals surface area (Å²) in [5, 5.41) is 5.82. The number of hydrogen-bond donors (Lipinski definition) is 2. The predicted molar refractivity (Wildman–Crippen MR) is 107 cm³/mol. The van der Waals surface area contributed by atoms with Crippen molar-refractivity contribution < 1.29 is 19.1 Å². The van der Waals surface area contributed by atoms with Crippen molar-refractivity contribution in [3.63, 3.8) is 0 Å². The molecular formula is C20H30N4O4. The number of hydrogen-bond acceptors (Lipinski definition) is 5. The SMILES string of the molecule is CC1CN(C(=O)Nc2ccc(C(=O)NCCN3CCOCC3)cc2)CC(C)O1. The Kier molecular flexibility index (Phi) is 7.24. The van der Waals surface area contributed by atoms with E-state index < -0.39 is 0 Å². The van der Waals surface area contributed by atoms with Crippen molar-refractivity contribution in [2.75, 3.05) is 57.8 Å². The first-order valence-electron chi connectivity index (χ1n) is 9.91. The number of anilines is 1. The average Bonchev–Trinajstić information content (AvgIpc) is 2.68. The number of morpholine rings is 2. The Hall–Kier alpha value is -2.16. The second kappa shape index (κ2) is 9.86. The second-order valence-corrected chi connectivity index (χ2v) is 7.38. The largest absolute Gasteiger partial charge is 0.379 e. The van der Waals surface area contributed by atoms with Crippen LogP contribution in [0.1, 0.15) is 24.2 Å². The van der Waals surface area contributed by atoms with Gasteiger partial charge in [0.1, 0.15) is 0 Å². The summed E-state index contributed by atoms with van der Waals surface area (Å²) in [5.41, 5.74) is 1.25. The van der Waals surface area contributed by atoms with Crippen LogP contribution in [-0.4, -0.2) is 86.4 Å². The van der Waals surface area contributed by atoms with E-state index in [1.54, 1.807) is 29.2 Å². The number of nitrogens with zero attached hydrogens (tertiary/aromatic N) is 2. The van der Waals surface area contributed by atoms with Crippen molar-refractivity contribution in [3.8, 4) is 0 Å². The molecule has 2 fully saturated rings. The molecule has 8 nitrogen and oxygen atoms in total. The van der Waals surface area contributed by atoms with E-state index in [1.807, 2.05) is 13.8 Å². The molecule has 1 aromatic carbocycles. The van der Waals surface area contributed by atoms with Crippen LogP contribution in [0.2, 0.25) is 0 Å². The zero-order valence-corrected chi connectivity index (χ0v) is 16.6. The minimum Gasteiger partial charge on any atom is -0.379 e. The monoisotopic (exact) mass is 390 g/mol. The Labute approximate surface area is 166 Å². The van der Waals surface area contributed by atoms with Crippen LogP contribution < -0.4 is 10.6 Å². The van der Waals surface area contributed by atoms with Gasteiger partial charge in [-0.25, -0.2) is 4.79 Å². The molecule has 2 saturated heterocycles. The summed E-state index contributed by atoms with van der Waals surface area (Å²) in [4.78, 5) is 28.7. The maximum absolute atomic E-state index is 12.4. The van der Waals surface area contributed by atoms with Crippen molar-refractivity contribution in [1.82, 2.24) is 15.1 Å². The lowest BCUT2D eigenvalue weighted by molar-refractivity contribution is -0.0530. The summed E-state index contributed by atoms with van der Waals surface area (Å²) in [6.07, 6.45) is 0.0519. The summed E-state index contributed by atoms with van der Waals surface area (Å²) >= 11 is 0. The lowest BCUT2D eigenvalue weighted by Gasteiger charge is -2.35. The molecule has 2 N–H and O–H groups in total. The molecule has 0 radical (unpaired) electrons. The topological polar surface area (TPSA) is 83.1 Å². The number of ether oxygens (including phenoxy) is 2. The Bertz CT molecular complexity index is 651. The van der Waals surface area contributed by atoms with Gasteiger partial charge in [0.2, 0.25) is 0 Å². The predicted octanol–water partition coefficient (Wildman–Crippen LogP) is 1.39. The van der Waals surface area contributed by atoms with E-state index in [1.165, 1.54) is 0 Å². The van der Waals surface area contributed by atoms with E-state index in [9.17, 15) is 9.59 Å². The molecule has 0 saturated carbocycles. The molecule has 3 amide bonds. The minimum absolute atomic E-state index is 0.0260. The Morgan fingerprint density at radius 1 is 1.07 bits per heavy atom. The zero-order chi connectivity index (χ0) is 19.9. The van der Waals surface area contributed by atoms with Crippen LogP contribution in [0, 0.1) is 0 Å². The highest BCUT2D eigenvalue weighted by Crippen LogP contribution is 2.14. The smallest absolute Gasteiger partial charge is 0.322 e. The van der Waals surface area contributed by atoms with Crippen molar-refractivity contribution in [2.24, 2.45) is 0 Å². The summed E-state index contributed by atoms with van der Waals surface area (Å²) in [6.45, 7) is 9.80. The third kappa shape index (κ3) is 5.92. The Morgan fingerprint density at radius 3 is 2.36 bits per heavy atom. The molecule has 3 rings (SSSR count). The summed E-state index contributed by atoms with van der Waals surface area (Å²) < 4.78 is 11.0. The van der Waals surface area contributed by atoms with Gasteiger partial charge in [0, 0.05) is 50.5 Å². The van der Waals surface area contributed by atoms with Crippen LogP contribution in [0.15, 0.2) is 24.3 Å². The summed E-state index contributed by atoms with van der Waals surface area (Å²) in [6, 6.07) is 6.81. The van der Waals surface area contributed by atoms with Crippen molar-refractivity contribution in [3.05, 3.63) is 29.8 Å². The third-order valence-electron chi connectivity index (χ3n) is 4.92. The minimum atomic E-state index is -0.148. The van der Waals surface area contributed by atoms with Crippen molar-refractivity contribution in [2.45, 2.75) is 26.1 Å². The van der Waals surface area contributed by atoms with E-state index in [4.69, 9.17) is 9.47 Å². The number of benzene rings is 1. The van der Waals surface area contributed by atoms with Gasteiger partial charge in [0.25, 0.3) is 5.91 Å². The van der Waals surface area contributed by atoms with Gasteiger partial charge in [-0.2, -0.15) is 0 Å². The second-order valence-electron chi connectivity index (χ2n) is 7.38. The van der Waals surface area contributed by atoms with Crippen molar-refractivity contribution >= 4 is 17.6 Å². The molecule has 28 heavy (non-hydrogen) atoms. The van der Waals surface area contributed by atoms with Crippen LogP contribution in [0.3, 0.4) is 0 Å². The van der Waals surface area contributed by atoms with E-state index >= 15 is 0 Å². The van der Waals surface area contributed by atoms with Gasteiger partial charge < -0.3 is 25.0 Å². The van der Waals surface area contributed by atoms with Gasteiger partial charge in [-0.1, -0.05) is 0 Å². The number of nitrogens with one attached hydrogen (secondary N) is 2. The lowest BCUT2D eigenvalue weighted by atomic mass is 10.2. The molecule has 2 aliphatic heterocycles. The highest BCUT2D eigenvalue weighted by Gasteiger charge is 2.25. The highest BCUT2D eigenvalue weighted by atomic mass is 16.5. The fourth-order valence-electron chi connectivity index (χ4n) is 3.51. The molecule has 8 heteroatoms. The van der Waals surface area contributed by atoms with Gasteiger partial charge in [-0.3, -0.25) is 9.69 Å². The van der Waals surface area contributed by atoms with E-state index in [0.717, 1.165) is 32.8 Å². The maximum Gasteiger partial charge on any atom is 0.322 e. The van der Waals surface area contributed by atoms with Crippen molar-refractivity contribution in [1.29, 1.82) is 0 Å². The summed E-state index contributed by atoms with van der Waals surface area (Å²) in [7, 11) is 0. The van der Waals surface area contributed by atoms with Crippen LogP contribution in [-0.2, 0) is 9.47 Å². The van der Waals surface area contributed by atoms with E-state index in [-0.39, 0.29) is 24.1 Å². The standard InChI is InChI=1S/C20H30N4O4/c1-15-13-24(14-16(2)28-15)20(26)22-18-5-3-17(4-6-18)19(25)21-7-8-23-9-11-27-12-10-23/h3-6,15-16H,7-14H2,1-2H3,(H,21,25)(H,22,26). The molecule has 154 valence electrons. The molecular weight excluding hydrogens is 360 g/mol. The number of carbonyl (C=O) groups is 2. The normalized spacial score (nSPS) is 23.3. The molecule has 2 atom stereocenters. The Morgan fingerprint density at radius 2 is 1.71 bits per heavy atom. The van der Waals surface area contributed by atoms with Crippen LogP contribution in [0.5, 0.6) is 0 Å². The molecule has 1 aromatic rings. The fourth-order valence-corrected chi connectivity index (χ4v) is 3.51. The van der Waals surface area contributed by atoms with Crippen LogP contribution >= 0.6 is 0 Å². The zero-order valence-electron chi connectivity index (χ0n) is 16.6. The number of urea groups is 1. The number of carbonyl (C=O) groups excluding carboxylic acids is 2.